The number of nitrogens with zero attached hydrogens (tertiary/aromatic N) is 2. The first-order valence-corrected chi connectivity index (χ1v) is 19.8. The molecule has 9 aromatic rings. The maximum atomic E-state index is 13.7. The van der Waals surface area contributed by atoms with Gasteiger partial charge in [0.15, 0.2) is 0 Å². The third kappa shape index (κ3) is 5.42. The average Bonchev–Trinajstić information content (AvgIpc) is 3.30. The fourth-order valence-corrected chi connectivity index (χ4v) is 8.86. The molecule has 0 fully saturated rings. The molecule has 0 aliphatic carbocycles. The number of hydrogen-bond donors (Lipinski definition) is 0. The Morgan fingerprint density at radius 1 is 0.233 bits per heavy atom. The molecule has 0 unspecified atom stereocenters. The molecule has 0 radical (unpaired) electrons. The zero-order chi connectivity index (χ0) is 40.5. The molecule has 0 bridgehead atoms. The summed E-state index contributed by atoms with van der Waals surface area (Å²) in [5.74, 6) is -1.29. The molecule has 0 aromatic heterocycles. The Hall–Kier alpha value is -8.22. The lowest BCUT2D eigenvalue weighted by atomic mass is 9.88. The van der Waals surface area contributed by atoms with E-state index >= 15 is 0 Å². The smallest absolute Gasteiger partial charge is 0.265 e. The molecular formula is C54H32N2O4. The molecule has 6 heteroatoms. The third-order valence-corrected chi connectivity index (χ3v) is 11.8. The summed E-state index contributed by atoms with van der Waals surface area (Å²) >= 11 is 0. The fourth-order valence-electron chi connectivity index (χ4n) is 8.86. The number of para-hydroxylation sites is 2. The van der Waals surface area contributed by atoms with Crippen molar-refractivity contribution in [1.82, 2.24) is 0 Å². The molecule has 0 N–H and O–H groups in total. The van der Waals surface area contributed by atoms with Gasteiger partial charge in [0.25, 0.3) is 23.6 Å². The summed E-state index contributed by atoms with van der Waals surface area (Å²) in [6.45, 7) is 0. The second-order valence-electron chi connectivity index (χ2n) is 15.1. The number of hydrogen-bond acceptors (Lipinski definition) is 4. The van der Waals surface area contributed by atoms with E-state index in [1.165, 1.54) is 9.80 Å². The highest BCUT2D eigenvalue weighted by Crippen LogP contribution is 2.40. The summed E-state index contributed by atoms with van der Waals surface area (Å²) in [4.78, 5) is 57.2. The lowest BCUT2D eigenvalue weighted by Gasteiger charge is -2.28. The molecular weight excluding hydrogens is 741 g/mol. The van der Waals surface area contributed by atoms with Crippen molar-refractivity contribution < 1.29 is 19.2 Å². The summed E-state index contributed by atoms with van der Waals surface area (Å²) in [6.07, 6.45) is 0. The monoisotopic (exact) mass is 772 g/mol. The van der Waals surface area contributed by atoms with E-state index in [0.29, 0.717) is 44.4 Å². The first-order chi connectivity index (χ1) is 29.4. The Morgan fingerprint density at radius 2 is 0.517 bits per heavy atom. The van der Waals surface area contributed by atoms with Gasteiger partial charge in [-0.3, -0.25) is 19.2 Å². The first-order valence-electron chi connectivity index (χ1n) is 19.8. The molecule has 11 rings (SSSR count). The summed E-state index contributed by atoms with van der Waals surface area (Å²) in [7, 11) is 0. The van der Waals surface area contributed by atoms with E-state index in [4.69, 9.17) is 0 Å². The summed E-state index contributed by atoms with van der Waals surface area (Å²) in [5, 5.41) is 3.11. The van der Waals surface area contributed by atoms with E-state index in [0.717, 1.165) is 55.3 Å². The number of benzene rings is 9. The second-order valence-corrected chi connectivity index (χ2v) is 15.1. The summed E-state index contributed by atoms with van der Waals surface area (Å²) in [6, 6.07) is 62.3. The summed E-state index contributed by atoms with van der Waals surface area (Å²) in [5.41, 5.74) is 11.4. The second kappa shape index (κ2) is 13.7. The molecule has 60 heavy (non-hydrogen) atoms. The van der Waals surface area contributed by atoms with Gasteiger partial charge in [0.05, 0.1) is 11.4 Å². The zero-order valence-corrected chi connectivity index (χ0v) is 32.0. The molecule has 4 amide bonds. The van der Waals surface area contributed by atoms with Gasteiger partial charge in [-0.1, -0.05) is 146 Å². The van der Waals surface area contributed by atoms with E-state index < -0.39 is 0 Å². The Bertz CT molecular complexity index is 2980. The molecule has 6 nitrogen and oxygen atoms in total. The number of anilines is 2. The van der Waals surface area contributed by atoms with Crippen molar-refractivity contribution in [1.29, 1.82) is 0 Å². The van der Waals surface area contributed by atoms with Crippen LogP contribution in [0, 0.1) is 0 Å². The maximum absolute atomic E-state index is 13.7. The van der Waals surface area contributed by atoms with Crippen LogP contribution in [0.5, 0.6) is 0 Å². The van der Waals surface area contributed by atoms with E-state index in [9.17, 15) is 19.2 Å². The van der Waals surface area contributed by atoms with Gasteiger partial charge in [-0.25, -0.2) is 9.80 Å². The molecule has 0 saturated carbocycles. The minimum atomic E-state index is -0.322. The molecule has 2 heterocycles. The highest BCUT2D eigenvalue weighted by molar-refractivity contribution is 6.37. The number of carbonyl (C=O) groups excluding carboxylic acids is 4. The van der Waals surface area contributed by atoms with Gasteiger partial charge in [-0.2, -0.15) is 0 Å². The molecule has 0 atom stereocenters. The Kier molecular flexibility index (Phi) is 8.00. The molecule has 2 aliphatic rings. The summed E-state index contributed by atoms with van der Waals surface area (Å²) < 4.78 is 0. The Labute approximate surface area is 345 Å². The number of amides is 4. The first kappa shape index (κ1) is 35.0. The highest BCUT2D eigenvalue weighted by atomic mass is 16.2. The van der Waals surface area contributed by atoms with E-state index in [-0.39, 0.29) is 23.6 Å². The van der Waals surface area contributed by atoms with Gasteiger partial charge in [0.1, 0.15) is 0 Å². The topological polar surface area (TPSA) is 74.8 Å². The van der Waals surface area contributed by atoms with Crippen molar-refractivity contribution in [2.75, 3.05) is 9.80 Å². The Morgan fingerprint density at radius 3 is 0.850 bits per heavy atom. The molecule has 2 aliphatic heterocycles. The van der Waals surface area contributed by atoms with Gasteiger partial charge in [0, 0.05) is 33.0 Å². The highest BCUT2D eigenvalue weighted by Gasteiger charge is 2.36. The van der Waals surface area contributed by atoms with E-state index in [2.05, 4.69) is 72.8 Å². The van der Waals surface area contributed by atoms with Crippen LogP contribution >= 0.6 is 0 Å². The van der Waals surface area contributed by atoms with Crippen molar-refractivity contribution in [2.24, 2.45) is 0 Å². The van der Waals surface area contributed by atoms with Gasteiger partial charge in [-0.05, 0) is 104 Å². The predicted molar refractivity (Wildman–Crippen MR) is 238 cm³/mol. The SMILES string of the molecule is O=C1c2cccc3c(-c4ccc(-c5ccc(-c6ccc(-c7ccc8c9c(cccc79)C(=O)N(c7ccccc7)C8=O)cc6)cc5)cc4)ccc(c23)C(=O)N1c1ccccc1. The number of imide groups is 2. The van der Waals surface area contributed by atoms with Crippen LogP contribution in [0.25, 0.3) is 66.1 Å². The van der Waals surface area contributed by atoms with Gasteiger partial charge in [-0.15, -0.1) is 0 Å². The third-order valence-electron chi connectivity index (χ3n) is 11.8. The normalized spacial score (nSPS) is 13.4. The van der Waals surface area contributed by atoms with Crippen LogP contribution in [0.4, 0.5) is 11.4 Å². The van der Waals surface area contributed by atoms with Crippen LogP contribution < -0.4 is 9.80 Å². The van der Waals surface area contributed by atoms with Gasteiger partial charge in [0.2, 0.25) is 0 Å². The predicted octanol–water partition coefficient (Wildman–Crippen LogP) is 12.3. The van der Waals surface area contributed by atoms with Crippen molar-refractivity contribution >= 4 is 56.5 Å². The quantitative estimate of drug-likeness (QED) is 0.158. The lowest BCUT2D eigenvalue weighted by molar-refractivity contribution is 0.0877. The van der Waals surface area contributed by atoms with Gasteiger partial charge >= 0.3 is 0 Å². The van der Waals surface area contributed by atoms with Crippen molar-refractivity contribution in [3.8, 4) is 44.5 Å². The van der Waals surface area contributed by atoms with Crippen LogP contribution in [0.2, 0.25) is 0 Å². The Balaban J connectivity index is 0.845. The van der Waals surface area contributed by atoms with Crippen LogP contribution in [0.3, 0.4) is 0 Å². The number of rotatable bonds is 6. The van der Waals surface area contributed by atoms with Crippen molar-refractivity contribution in [2.45, 2.75) is 0 Å². The van der Waals surface area contributed by atoms with Gasteiger partial charge < -0.3 is 0 Å². The molecule has 282 valence electrons. The minimum Gasteiger partial charge on any atom is -0.268 e. The number of carbonyl (C=O) groups is 4. The van der Waals surface area contributed by atoms with Crippen molar-refractivity contribution in [3.05, 3.63) is 216 Å². The molecule has 9 aromatic carbocycles. The van der Waals surface area contributed by atoms with Crippen LogP contribution in [0.15, 0.2) is 194 Å². The maximum Gasteiger partial charge on any atom is 0.265 e. The standard InChI is InChI=1S/C54H32N2O4/c57-51-45-15-7-13-43-41(29-31-47(49(43)45)53(59)55(51)39-9-3-1-4-10-39)37-25-21-35(22-26-37)33-17-19-34(20-18-33)36-23-27-38(28-24-36)42-30-32-48-50-44(42)14-8-16-46(50)52(58)56(54(48)60)40-11-5-2-6-12-40/h1-32H. The lowest BCUT2D eigenvalue weighted by Crippen LogP contribution is -2.40. The van der Waals surface area contributed by atoms with Crippen molar-refractivity contribution in [3.63, 3.8) is 0 Å². The fraction of sp³-hybridized carbons (Fsp3) is 0. The average molecular weight is 773 g/mol. The zero-order valence-electron chi connectivity index (χ0n) is 32.0. The van der Waals surface area contributed by atoms with Crippen LogP contribution in [-0.2, 0) is 0 Å². The van der Waals surface area contributed by atoms with Crippen LogP contribution in [0.1, 0.15) is 41.4 Å². The molecule has 0 saturated heterocycles. The van der Waals surface area contributed by atoms with E-state index in [1.54, 1.807) is 36.4 Å². The molecule has 0 spiro atoms. The van der Waals surface area contributed by atoms with Crippen LogP contribution in [-0.4, -0.2) is 23.6 Å². The minimum absolute atomic E-state index is 0.322. The van der Waals surface area contributed by atoms with E-state index in [1.807, 2.05) is 84.9 Å². The largest absolute Gasteiger partial charge is 0.268 e.